The quantitative estimate of drug-likeness (QED) is 0.823. The molecule has 94 valence electrons. The van der Waals surface area contributed by atoms with Crippen molar-refractivity contribution in [2.24, 2.45) is 7.05 Å². The lowest BCUT2D eigenvalue weighted by Crippen LogP contribution is -2.34. The first-order valence-corrected chi connectivity index (χ1v) is 5.97. The van der Waals surface area contributed by atoms with Gasteiger partial charge in [0.1, 0.15) is 7.05 Å². The molecule has 0 bridgehead atoms. The molecule has 18 heavy (non-hydrogen) atoms. The van der Waals surface area contributed by atoms with E-state index in [0.29, 0.717) is 12.3 Å². The highest BCUT2D eigenvalue weighted by Crippen LogP contribution is 2.22. The third-order valence-corrected chi connectivity index (χ3v) is 2.92. The van der Waals surface area contributed by atoms with Gasteiger partial charge in [0.05, 0.1) is 5.39 Å². The number of pyridine rings is 1. The van der Waals surface area contributed by atoms with Gasteiger partial charge in [0.25, 0.3) is 5.52 Å². The Balaban J connectivity index is 2.50. The average Bonchev–Trinajstić information content (AvgIpc) is 2.34. The molecule has 0 radical (unpaired) electrons. The Labute approximate surface area is 106 Å². The molecular weight excluding hydrogens is 228 g/mol. The fourth-order valence-corrected chi connectivity index (χ4v) is 1.89. The van der Waals surface area contributed by atoms with Crippen LogP contribution < -0.4 is 14.6 Å². The van der Waals surface area contributed by atoms with Crippen LogP contribution in [-0.2, 0) is 7.05 Å². The molecule has 0 saturated carbocycles. The summed E-state index contributed by atoms with van der Waals surface area (Å²) >= 11 is 0. The van der Waals surface area contributed by atoms with Crippen molar-refractivity contribution in [2.75, 3.05) is 6.54 Å². The van der Waals surface area contributed by atoms with Crippen LogP contribution in [0.15, 0.2) is 30.3 Å². The molecule has 0 spiro atoms. The molecule has 1 amide bonds. The zero-order valence-corrected chi connectivity index (χ0v) is 10.9. The smallest absolute Gasteiger partial charge is 0.403 e. The Bertz CT molecular complexity index is 594. The number of carbonyl (C=O) groups excluding carboxylic acids is 1. The SMILES string of the molecule is CCNC(=O)Oc1cccc2ccc(C)[n+](C)c12. The fourth-order valence-electron chi connectivity index (χ4n) is 1.89. The van der Waals surface area contributed by atoms with E-state index in [9.17, 15) is 4.79 Å². The topological polar surface area (TPSA) is 42.2 Å². The van der Waals surface area contributed by atoms with Gasteiger partial charge in [0.15, 0.2) is 5.69 Å². The number of rotatable bonds is 2. The molecule has 2 rings (SSSR count). The summed E-state index contributed by atoms with van der Waals surface area (Å²) in [4.78, 5) is 11.5. The largest absolute Gasteiger partial charge is 0.412 e. The third kappa shape index (κ3) is 2.27. The Morgan fingerprint density at radius 2 is 2.11 bits per heavy atom. The monoisotopic (exact) mass is 245 g/mol. The summed E-state index contributed by atoms with van der Waals surface area (Å²) in [7, 11) is 1.96. The van der Waals surface area contributed by atoms with E-state index in [1.807, 2.05) is 49.7 Å². The summed E-state index contributed by atoms with van der Waals surface area (Å²) in [6.45, 7) is 4.42. The number of ether oxygens (including phenoxy) is 1. The Kier molecular flexibility index (Phi) is 3.46. The number of fused-ring (bicyclic) bond motifs is 1. The molecule has 1 aromatic heterocycles. The minimum atomic E-state index is -0.425. The van der Waals surface area contributed by atoms with Crippen molar-refractivity contribution in [2.45, 2.75) is 13.8 Å². The molecule has 1 N–H and O–H groups in total. The predicted octanol–water partition coefficient (Wildman–Crippen LogP) is 2.08. The number of para-hydroxylation sites is 1. The van der Waals surface area contributed by atoms with E-state index < -0.39 is 6.09 Å². The van der Waals surface area contributed by atoms with Crippen molar-refractivity contribution < 1.29 is 14.1 Å². The number of hydrogen-bond acceptors (Lipinski definition) is 2. The van der Waals surface area contributed by atoms with Crippen molar-refractivity contribution in [1.82, 2.24) is 5.32 Å². The maximum atomic E-state index is 11.5. The lowest BCUT2D eigenvalue weighted by Gasteiger charge is -2.07. The van der Waals surface area contributed by atoms with Crippen LogP contribution in [0, 0.1) is 6.92 Å². The van der Waals surface area contributed by atoms with Crippen LogP contribution in [0.25, 0.3) is 10.9 Å². The van der Waals surface area contributed by atoms with Crippen molar-refractivity contribution in [1.29, 1.82) is 0 Å². The lowest BCUT2D eigenvalue weighted by molar-refractivity contribution is -0.651. The van der Waals surface area contributed by atoms with Gasteiger partial charge in [-0.2, -0.15) is 4.57 Å². The summed E-state index contributed by atoms with van der Waals surface area (Å²) in [6, 6.07) is 9.75. The zero-order chi connectivity index (χ0) is 13.1. The number of aryl methyl sites for hydroxylation is 2. The number of nitrogens with one attached hydrogen (secondary N) is 1. The van der Waals surface area contributed by atoms with Gasteiger partial charge in [-0.25, -0.2) is 4.79 Å². The number of aromatic nitrogens is 1. The van der Waals surface area contributed by atoms with E-state index >= 15 is 0 Å². The van der Waals surface area contributed by atoms with Crippen molar-refractivity contribution in [3.63, 3.8) is 0 Å². The van der Waals surface area contributed by atoms with E-state index in [-0.39, 0.29) is 0 Å². The highest BCUT2D eigenvalue weighted by Gasteiger charge is 2.16. The Morgan fingerprint density at radius 3 is 2.83 bits per heavy atom. The molecule has 0 aliphatic carbocycles. The van der Waals surface area contributed by atoms with Crippen molar-refractivity contribution in [3.05, 3.63) is 36.0 Å². The van der Waals surface area contributed by atoms with Gasteiger partial charge in [-0.3, -0.25) is 0 Å². The van der Waals surface area contributed by atoms with Gasteiger partial charge >= 0.3 is 6.09 Å². The molecule has 1 aromatic carbocycles. The maximum absolute atomic E-state index is 11.5. The standard InChI is InChI=1S/C14H16N2O2/c1-4-15-14(17)18-12-7-5-6-11-9-8-10(2)16(3)13(11)12/h5-9H,4H2,1-3H3/p+1. The first kappa shape index (κ1) is 12.4. The van der Waals surface area contributed by atoms with Crippen LogP contribution in [0.3, 0.4) is 0 Å². The maximum Gasteiger partial charge on any atom is 0.412 e. The predicted molar refractivity (Wildman–Crippen MR) is 69.6 cm³/mol. The molecule has 0 saturated heterocycles. The molecule has 0 aliphatic rings. The number of benzene rings is 1. The Morgan fingerprint density at radius 1 is 1.33 bits per heavy atom. The molecule has 0 fully saturated rings. The molecule has 1 heterocycles. The normalized spacial score (nSPS) is 10.4. The molecular formula is C14H17N2O2+. The van der Waals surface area contributed by atoms with Crippen molar-refractivity contribution >= 4 is 17.0 Å². The molecule has 0 unspecified atom stereocenters. The minimum absolute atomic E-state index is 0.425. The fraction of sp³-hybridized carbons (Fsp3) is 0.286. The number of nitrogens with zero attached hydrogens (tertiary/aromatic N) is 1. The minimum Gasteiger partial charge on any atom is -0.403 e. The highest BCUT2D eigenvalue weighted by molar-refractivity contribution is 5.84. The Hall–Kier alpha value is -2.10. The number of amides is 1. The summed E-state index contributed by atoms with van der Waals surface area (Å²) in [6.07, 6.45) is -0.425. The summed E-state index contributed by atoms with van der Waals surface area (Å²) in [5, 5.41) is 3.67. The summed E-state index contributed by atoms with van der Waals surface area (Å²) in [5.74, 6) is 0.574. The van der Waals surface area contributed by atoms with Gasteiger partial charge < -0.3 is 10.1 Å². The molecule has 4 heteroatoms. The molecule has 0 aliphatic heterocycles. The van der Waals surface area contributed by atoms with Crippen molar-refractivity contribution in [3.8, 4) is 5.75 Å². The molecule has 2 aromatic rings. The van der Waals surface area contributed by atoms with Crippen LogP contribution >= 0.6 is 0 Å². The van der Waals surface area contributed by atoms with Gasteiger partial charge in [-0.05, 0) is 25.1 Å². The second kappa shape index (κ2) is 5.04. The second-order valence-corrected chi connectivity index (χ2v) is 4.15. The summed E-state index contributed by atoms with van der Waals surface area (Å²) in [5.41, 5.74) is 2.03. The molecule has 0 atom stereocenters. The van der Waals surface area contributed by atoms with Crippen LogP contribution in [-0.4, -0.2) is 12.6 Å². The van der Waals surface area contributed by atoms with E-state index in [1.165, 1.54) is 0 Å². The van der Waals surface area contributed by atoms with Gasteiger partial charge in [-0.15, -0.1) is 0 Å². The van der Waals surface area contributed by atoms with Crippen LogP contribution in [0.5, 0.6) is 5.75 Å². The lowest BCUT2D eigenvalue weighted by atomic mass is 10.2. The van der Waals surface area contributed by atoms with E-state index in [1.54, 1.807) is 6.07 Å². The second-order valence-electron chi connectivity index (χ2n) is 4.15. The zero-order valence-electron chi connectivity index (χ0n) is 10.9. The van der Waals surface area contributed by atoms with Gasteiger partial charge in [0.2, 0.25) is 5.75 Å². The first-order valence-electron chi connectivity index (χ1n) is 5.97. The van der Waals surface area contributed by atoms with E-state index in [0.717, 1.165) is 16.6 Å². The van der Waals surface area contributed by atoms with Gasteiger partial charge in [-0.1, -0.05) is 6.07 Å². The number of hydrogen-bond donors (Lipinski definition) is 1. The van der Waals surface area contributed by atoms with Crippen LogP contribution in [0.1, 0.15) is 12.6 Å². The van der Waals surface area contributed by atoms with Crippen LogP contribution in [0.2, 0.25) is 0 Å². The highest BCUT2D eigenvalue weighted by atomic mass is 16.6. The first-order chi connectivity index (χ1) is 8.63. The average molecular weight is 245 g/mol. The van der Waals surface area contributed by atoms with E-state index in [4.69, 9.17) is 4.74 Å². The third-order valence-electron chi connectivity index (χ3n) is 2.92. The molecule has 4 nitrogen and oxygen atoms in total. The van der Waals surface area contributed by atoms with Crippen LogP contribution in [0.4, 0.5) is 4.79 Å². The number of carbonyl (C=O) groups is 1. The summed E-state index contributed by atoms with van der Waals surface area (Å²) < 4.78 is 7.35. The van der Waals surface area contributed by atoms with E-state index in [2.05, 4.69) is 5.32 Å². The van der Waals surface area contributed by atoms with Gasteiger partial charge in [0, 0.05) is 19.5 Å².